The number of rotatable bonds is 6. The minimum absolute atomic E-state index is 0. The number of H-pyrrole nitrogens is 1. The molecule has 0 aliphatic heterocycles. The Kier molecular flexibility index (Phi) is 8.34. The number of hydrogen-bond acceptors (Lipinski definition) is 3. The van der Waals surface area contributed by atoms with E-state index in [2.05, 4.69) is 57.0 Å². The molecule has 3 N–H and O–H groups in total. The van der Waals surface area contributed by atoms with Crippen molar-refractivity contribution in [3.05, 3.63) is 47.2 Å². The minimum atomic E-state index is 0. The Morgan fingerprint density at radius 2 is 1.94 bits per heavy atom. The molecule has 2 aromatic heterocycles. The zero-order valence-electron chi connectivity index (χ0n) is 18.7. The molecule has 3 aromatic rings. The van der Waals surface area contributed by atoms with E-state index in [9.17, 15) is 0 Å². The van der Waals surface area contributed by atoms with Crippen molar-refractivity contribution in [2.24, 2.45) is 12.0 Å². The normalized spacial score (nSPS) is 15.1. The molecule has 0 amide bonds. The lowest BCUT2D eigenvalue weighted by Crippen LogP contribution is -2.45. The van der Waals surface area contributed by atoms with Gasteiger partial charge in [-0.3, -0.25) is 0 Å². The number of aliphatic imine (C=N–C) groups is 1. The molecule has 2 heterocycles. The molecule has 1 aliphatic rings. The second-order valence-electron chi connectivity index (χ2n) is 8.32. The van der Waals surface area contributed by atoms with Crippen LogP contribution in [0.1, 0.15) is 55.0 Å². The van der Waals surface area contributed by atoms with Gasteiger partial charge < -0.3 is 20.2 Å². The Morgan fingerprint density at radius 3 is 2.68 bits per heavy atom. The van der Waals surface area contributed by atoms with Crippen molar-refractivity contribution in [3.8, 4) is 0 Å². The molecule has 168 valence electrons. The van der Waals surface area contributed by atoms with E-state index in [1.807, 2.05) is 18.5 Å². The maximum atomic E-state index is 4.83. The number of para-hydroxylation sites is 1. The van der Waals surface area contributed by atoms with Gasteiger partial charge in [-0.2, -0.15) is 0 Å². The van der Waals surface area contributed by atoms with Crippen LogP contribution in [0, 0.1) is 13.8 Å². The smallest absolute Gasteiger partial charge is 0.191 e. The van der Waals surface area contributed by atoms with Gasteiger partial charge in [-0.05, 0) is 44.7 Å². The Bertz CT molecular complexity index is 1010. The monoisotopic (exact) mass is 535 g/mol. The van der Waals surface area contributed by atoms with Crippen LogP contribution >= 0.6 is 24.0 Å². The first kappa shape index (κ1) is 23.6. The maximum Gasteiger partial charge on any atom is 0.191 e. The largest absolute Gasteiger partial charge is 0.358 e. The fourth-order valence-electron chi connectivity index (χ4n) is 4.29. The number of halogens is 1. The Labute approximate surface area is 201 Å². The third kappa shape index (κ3) is 5.78. The van der Waals surface area contributed by atoms with Crippen LogP contribution < -0.4 is 10.6 Å². The summed E-state index contributed by atoms with van der Waals surface area (Å²) >= 11 is 0. The number of nitrogens with zero attached hydrogens (tertiary/aromatic N) is 4. The maximum absolute atomic E-state index is 4.83. The Hall–Kier alpha value is -2.10. The van der Waals surface area contributed by atoms with E-state index >= 15 is 0 Å². The van der Waals surface area contributed by atoms with E-state index in [1.54, 1.807) is 0 Å². The number of fused-ring (bicyclic) bond motifs is 1. The number of aromatic nitrogens is 4. The lowest BCUT2D eigenvalue weighted by Gasteiger charge is -2.25. The molecular formula is C23H34IN7. The van der Waals surface area contributed by atoms with Gasteiger partial charge in [0.2, 0.25) is 0 Å². The zero-order chi connectivity index (χ0) is 20.9. The number of aromatic amines is 1. The van der Waals surface area contributed by atoms with Crippen LogP contribution in [0.25, 0.3) is 10.9 Å². The van der Waals surface area contributed by atoms with E-state index in [4.69, 9.17) is 4.99 Å². The van der Waals surface area contributed by atoms with E-state index in [-0.39, 0.29) is 24.0 Å². The number of guanidine groups is 1. The molecule has 0 radical (unpaired) electrons. The fourth-order valence-corrected chi connectivity index (χ4v) is 4.29. The van der Waals surface area contributed by atoms with Crippen LogP contribution in [-0.2, 0) is 20.0 Å². The number of benzene rings is 1. The molecule has 31 heavy (non-hydrogen) atoms. The third-order valence-electron chi connectivity index (χ3n) is 6.20. The number of hydrogen-bond donors (Lipinski definition) is 3. The van der Waals surface area contributed by atoms with E-state index in [0.717, 1.165) is 30.6 Å². The molecule has 1 saturated carbocycles. The fraction of sp³-hybridized carbons (Fsp3) is 0.522. The second kappa shape index (κ2) is 11.0. The van der Waals surface area contributed by atoms with Crippen molar-refractivity contribution in [3.63, 3.8) is 0 Å². The molecular weight excluding hydrogens is 501 g/mol. The van der Waals surface area contributed by atoms with Crippen molar-refractivity contribution >= 4 is 40.8 Å². The molecule has 1 fully saturated rings. The van der Waals surface area contributed by atoms with E-state index in [1.165, 1.54) is 54.3 Å². The first-order valence-corrected chi connectivity index (χ1v) is 11.1. The van der Waals surface area contributed by atoms with Crippen LogP contribution in [0.15, 0.2) is 29.3 Å². The first-order chi connectivity index (χ1) is 14.6. The van der Waals surface area contributed by atoms with Crippen molar-refractivity contribution in [2.75, 3.05) is 6.54 Å². The Morgan fingerprint density at radius 1 is 1.16 bits per heavy atom. The summed E-state index contributed by atoms with van der Waals surface area (Å²) in [5, 5.41) is 16.9. The summed E-state index contributed by atoms with van der Waals surface area (Å²) in [5.41, 5.74) is 3.82. The van der Waals surface area contributed by atoms with Gasteiger partial charge >= 0.3 is 0 Å². The average molecular weight is 535 g/mol. The molecule has 1 aliphatic carbocycles. The molecule has 1 aromatic carbocycles. The highest BCUT2D eigenvalue weighted by molar-refractivity contribution is 14.0. The quantitative estimate of drug-likeness (QED) is 0.252. The topological polar surface area (TPSA) is 82.9 Å². The highest BCUT2D eigenvalue weighted by Crippen LogP contribution is 2.22. The summed E-state index contributed by atoms with van der Waals surface area (Å²) in [6.07, 6.45) is 7.31. The molecule has 0 atom stereocenters. The van der Waals surface area contributed by atoms with Gasteiger partial charge in [0.1, 0.15) is 12.4 Å². The van der Waals surface area contributed by atoms with Crippen molar-refractivity contribution in [2.45, 2.75) is 65.0 Å². The van der Waals surface area contributed by atoms with Crippen molar-refractivity contribution < 1.29 is 0 Å². The SMILES string of the molecule is Cc1[nH]c2ccccc2c1CCNC(=NCc1nnc(C)n1C)NC1CCCCC1.I. The van der Waals surface area contributed by atoms with Gasteiger partial charge in [0.25, 0.3) is 0 Å². The molecule has 0 spiro atoms. The lowest BCUT2D eigenvalue weighted by molar-refractivity contribution is 0.410. The second-order valence-corrected chi connectivity index (χ2v) is 8.32. The van der Waals surface area contributed by atoms with E-state index in [0.29, 0.717) is 12.6 Å². The molecule has 0 saturated heterocycles. The highest BCUT2D eigenvalue weighted by Gasteiger charge is 2.15. The van der Waals surface area contributed by atoms with Crippen LogP contribution in [-0.4, -0.2) is 38.3 Å². The van der Waals surface area contributed by atoms with Crippen molar-refractivity contribution in [1.29, 1.82) is 0 Å². The number of aryl methyl sites for hydroxylation is 2. The molecule has 0 unspecified atom stereocenters. The zero-order valence-corrected chi connectivity index (χ0v) is 21.1. The van der Waals surface area contributed by atoms with Gasteiger partial charge in [0.15, 0.2) is 11.8 Å². The van der Waals surface area contributed by atoms with Gasteiger partial charge in [-0.25, -0.2) is 4.99 Å². The summed E-state index contributed by atoms with van der Waals surface area (Å²) in [4.78, 5) is 8.32. The van der Waals surface area contributed by atoms with Crippen LogP contribution in [0.5, 0.6) is 0 Å². The lowest BCUT2D eigenvalue weighted by atomic mass is 9.96. The van der Waals surface area contributed by atoms with Gasteiger partial charge in [-0.15, -0.1) is 34.2 Å². The van der Waals surface area contributed by atoms with E-state index < -0.39 is 0 Å². The highest BCUT2D eigenvalue weighted by atomic mass is 127. The molecule has 0 bridgehead atoms. The predicted molar refractivity (Wildman–Crippen MR) is 137 cm³/mol. The van der Waals surface area contributed by atoms with Gasteiger partial charge in [0.05, 0.1) is 0 Å². The minimum Gasteiger partial charge on any atom is -0.358 e. The summed E-state index contributed by atoms with van der Waals surface area (Å²) in [5.74, 6) is 2.66. The van der Waals surface area contributed by atoms with Crippen molar-refractivity contribution in [1.82, 2.24) is 30.4 Å². The van der Waals surface area contributed by atoms with Crippen LogP contribution in [0.4, 0.5) is 0 Å². The third-order valence-corrected chi connectivity index (χ3v) is 6.20. The van der Waals surface area contributed by atoms with Crippen LogP contribution in [0.2, 0.25) is 0 Å². The Balaban J connectivity index is 0.00000272. The predicted octanol–water partition coefficient (Wildman–Crippen LogP) is 4.14. The molecule has 7 nitrogen and oxygen atoms in total. The molecule has 8 heteroatoms. The van der Waals surface area contributed by atoms with Crippen LogP contribution in [0.3, 0.4) is 0 Å². The summed E-state index contributed by atoms with van der Waals surface area (Å²) in [7, 11) is 1.99. The molecule has 4 rings (SSSR count). The first-order valence-electron chi connectivity index (χ1n) is 11.1. The van der Waals surface area contributed by atoms with Gasteiger partial charge in [-0.1, -0.05) is 37.5 Å². The number of nitrogens with one attached hydrogen (secondary N) is 3. The van der Waals surface area contributed by atoms with Gasteiger partial charge in [0, 0.05) is 36.2 Å². The average Bonchev–Trinajstić information content (AvgIpc) is 3.25. The standard InChI is InChI=1S/C23H33N7.HI/c1-16-19(20-11-7-8-12-21(20)26-16)13-14-24-23(27-18-9-5-4-6-10-18)25-15-22-29-28-17(2)30(22)3;/h7-8,11-12,18,26H,4-6,9-10,13-15H2,1-3H3,(H2,24,25,27);1H. The summed E-state index contributed by atoms with van der Waals surface area (Å²) in [6.45, 7) is 5.47. The summed E-state index contributed by atoms with van der Waals surface area (Å²) in [6, 6.07) is 9.01. The summed E-state index contributed by atoms with van der Waals surface area (Å²) < 4.78 is 2.00.